The molecule has 1 aliphatic rings. The fourth-order valence-electron chi connectivity index (χ4n) is 4.04. The number of aromatic nitrogens is 1. The first kappa shape index (κ1) is 24.5. The molecule has 0 radical (unpaired) electrons. The number of thiophene rings is 1. The second-order valence-corrected chi connectivity index (χ2v) is 11.7. The predicted octanol–water partition coefficient (Wildman–Crippen LogP) is 3.45. The highest BCUT2D eigenvalue weighted by atomic mass is 32.2. The van der Waals surface area contributed by atoms with Crippen LogP contribution in [0.25, 0.3) is 0 Å². The van der Waals surface area contributed by atoms with E-state index in [2.05, 4.69) is 15.6 Å². The van der Waals surface area contributed by atoms with Crippen LogP contribution in [0.15, 0.2) is 71.1 Å². The van der Waals surface area contributed by atoms with E-state index in [0.717, 1.165) is 42.8 Å². The third-order valence-corrected chi connectivity index (χ3v) is 9.37. The first-order valence-corrected chi connectivity index (χ1v) is 13.8. The Morgan fingerprint density at radius 3 is 2.65 bits per heavy atom. The standard InChI is InChI=1S/C25H30N4O3S2/c30-25(20-7-2-1-3-8-20)28-19-23-11-12-24(33-23)34(31,32)29-17-6-10-22(14-18-29)27-16-13-21-9-4-5-15-26-21/h1-5,7-9,11-12,15,22,27H,6,10,13-14,16-19H2,(H,28,30). The molecule has 4 rings (SSSR count). The van der Waals surface area contributed by atoms with E-state index in [0.29, 0.717) is 35.4 Å². The van der Waals surface area contributed by atoms with Crippen LogP contribution in [0.2, 0.25) is 0 Å². The van der Waals surface area contributed by atoms with Crippen LogP contribution in [0.5, 0.6) is 0 Å². The van der Waals surface area contributed by atoms with Gasteiger partial charge in [0.25, 0.3) is 15.9 Å². The van der Waals surface area contributed by atoms with Crippen molar-refractivity contribution >= 4 is 27.3 Å². The normalized spacial score (nSPS) is 17.2. The topological polar surface area (TPSA) is 91.4 Å². The van der Waals surface area contributed by atoms with Gasteiger partial charge in [-0.05, 0) is 55.7 Å². The summed E-state index contributed by atoms with van der Waals surface area (Å²) >= 11 is 1.22. The van der Waals surface area contributed by atoms with E-state index in [1.54, 1.807) is 34.8 Å². The number of benzene rings is 1. The summed E-state index contributed by atoms with van der Waals surface area (Å²) in [4.78, 5) is 17.4. The number of hydrogen-bond donors (Lipinski definition) is 2. The van der Waals surface area contributed by atoms with Crippen LogP contribution >= 0.6 is 11.3 Å². The molecule has 1 aromatic carbocycles. The number of carbonyl (C=O) groups is 1. The molecule has 1 aliphatic heterocycles. The molecule has 0 aliphatic carbocycles. The minimum atomic E-state index is -3.54. The van der Waals surface area contributed by atoms with Gasteiger partial charge in [-0.2, -0.15) is 4.31 Å². The van der Waals surface area contributed by atoms with E-state index in [-0.39, 0.29) is 5.91 Å². The Hall–Kier alpha value is -2.59. The molecule has 3 heterocycles. The molecule has 2 aromatic heterocycles. The second-order valence-electron chi connectivity index (χ2n) is 8.33. The molecule has 0 saturated carbocycles. The Morgan fingerprint density at radius 1 is 1.03 bits per heavy atom. The largest absolute Gasteiger partial charge is 0.347 e. The third-order valence-electron chi connectivity index (χ3n) is 5.92. The summed E-state index contributed by atoms with van der Waals surface area (Å²) < 4.78 is 28.4. The molecule has 34 heavy (non-hydrogen) atoms. The van der Waals surface area contributed by atoms with Crippen LogP contribution in [0.1, 0.15) is 40.2 Å². The molecule has 1 atom stereocenters. The number of carbonyl (C=O) groups excluding carboxylic acids is 1. The zero-order valence-corrected chi connectivity index (χ0v) is 20.7. The van der Waals surface area contributed by atoms with Gasteiger partial charge in [-0.1, -0.05) is 24.3 Å². The average Bonchev–Trinajstić information content (AvgIpc) is 3.22. The predicted molar refractivity (Wildman–Crippen MR) is 134 cm³/mol. The van der Waals surface area contributed by atoms with Crippen molar-refractivity contribution in [2.45, 2.75) is 42.5 Å². The van der Waals surface area contributed by atoms with Gasteiger partial charge in [-0.15, -0.1) is 11.3 Å². The van der Waals surface area contributed by atoms with Crippen LogP contribution in [-0.4, -0.2) is 49.3 Å². The minimum absolute atomic E-state index is 0.174. The Labute approximate surface area is 205 Å². The summed E-state index contributed by atoms with van der Waals surface area (Å²) in [6, 6.07) is 18.6. The van der Waals surface area contributed by atoms with E-state index in [9.17, 15) is 13.2 Å². The second kappa shape index (κ2) is 11.7. The summed E-state index contributed by atoms with van der Waals surface area (Å²) in [5.41, 5.74) is 1.64. The number of nitrogens with one attached hydrogen (secondary N) is 2. The first-order valence-electron chi connectivity index (χ1n) is 11.6. The van der Waals surface area contributed by atoms with E-state index in [4.69, 9.17) is 0 Å². The van der Waals surface area contributed by atoms with Crippen molar-refractivity contribution in [1.29, 1.82) is 0 Å². The quantitative estimate of drug-likeness (QED) is 0.472. The zero-order valence-electron chi connectivity index (χ0n) is 19.0. The van der Waals surface area contributed by atoms with Crippen LogP contribution < -0.4 is 10.6 Å². The summed E-state index contributed by atoms with van der Waals surface area (Å²) in [5.74, 6) is -0.174. The maximum atomic E-state index is 13.2. The van der Waals surface area contributed by atoms with Crippen molar-refractivity contribution < 1.29 is 13.2 Å². The van der Waals surface area contributed by atoms with Gasteiger partial charge >= 0.3 is 0 Å². The number of hydrogen-bond acceptors (Lipinski definition) is 6. The minimum Gasteiger partial charge on any atom is -0.347 e. The molecule has 7 nitrogen and oxygen atoms in total. The van der Waals surface area contributed by atoms with Crippen molar-refractivity contribution in [3.63, 3.8) is 0 Å². The Morgan fingerprint density at radius 2 is 1.85 bits per heavy atom. The van der Waals surface area contributed by atoms with Crippen LogP contribution in [-0.2, 0) is 23.0 Å². The molecule has 3 aromatic rings. The Kier molecular flexibility index (Phi) is 8.44. The zero-order chi connectivity index (χ0) is 23.8. The van der Waals surface area contributed by atoms with Gasteiger partial charge in [0.1, 0.15) is 4.21 Å². The van der Waals surface area contributed by atoms with Gasteiger partial charge in [0.05, 0.1) is 6.54 Å². The molecule has 0 spiro atoms. The maximum Gasteiger partial charge on any atom is 0.252 e. The molecule has 1 fully saturated rings. The third kappa shape index (κ3) is 6.50. The Bertz CT molecular complexity index is 1170. The van der Waals surface area contributed by atoms with Gasteiger partial charge in [0.2, 0.25) is 0 Å². The van der Waals surface area contributed by atoms with E-state index >= 15 is 0 Å². The lowest BCUT2D eigenvalue weighted by Crippen LogP contribution is -2.34. The van der Waals surface area contributed by atoms with Crippen LogP contribution in [0.4, 0.5) is 0 Å². The molecule has 1 unspecified atom stereocenters. The lowest BCUT2D eigenvalue weighted by molar-refractivity contribution is 0.0951. The summed E-state index contributed by atoms with van der Waals surface area (Å²) in [6.45, 7) is 2.16. The molecular weight excluding hydrogens is 468 g/mol. The summed E-state index contributed by atoms with van der Waals surface area (Å²) in [5, 5.41) is 6.42. The molecule has 180 valence electrons. The first-order chi connectivity index (χ1) is 16.5. The van der Waals surface area contributed by atoms with Gasteiger partial charge in [-0.3, -0.25) is 9.78 Å². The van der Waals surface area contributed by atoms with Gasteiger partial charge < -0.3 is 10.6 Å². The molecule has 1 amide bonds. The number of amides is 1. The van der Waals surface area contributed by atoms with Crippen molar-refractivity contribution in [2.75, 3.05) is 19.6 Å². The summed E-state index contributed by atoms with van der Waals surface area (Å²) in [7, 11) is -3.54. The van der Waals surface area contributed by atoms with E-state index < -0.39 is 10.0 Å². The van der Waals surface area contributed by atoms with Gasteiger partial charge in [0.15, 0.2) is 0 Å². The molecular formula is C25H30N4O3S2. The van der Waals surface area contributed by atoms with E-state index in [1.165, 1.54) is 11.3 Å². The highest BCUT2D eigenvalue weighted by Gasteiger charge is 2.28. The Balaban J connectivity index is 1.28. The highest BCUT2D eigenvalue weighted by Crippen LogP contribution is 2.27. The smallest absolute Gasteiger partial charge is 0.252 e. The van der Waals surface area contributed by atoms with E-state index in [1.807, 2.05) is 36.4 Å². The number of nitrogens with zero attached hydrogens (tertiary/aromatic N) is 2. The van der Waals surface area contributed by atoms with Gasteiger partial charge in [0, 0.05) is 54.4 Å². The lowest BCUT2D eigenvalue weighted by Gasteiger charge is -2.19. The number of sulfonamides is 1. The molecule has 0 bridgehead atoms. The van der Waals surface area contributed by atoms with Gasteiger partial charge in [-0.25, -0.2) is 8.42 Å². The average molecular weight is 499 g/mol. The molecule has 1 saturated heterocycles. The van der Waals surface area contributed by atoms with Crippen LogP contribution in [0, 0.1) is 0 Å². The van der Waals surface area contributed by atoms with Crippen molar-refractivity contribution in [3.05, 3.63) is 83.0 Å². The molecule has 2 N–H and O–H groups in total. The number of rotatable bonds is 9. The lowest BCUT2D eigenvalue weighted by atomic mass is 10.1. The fraction of sp³-hybridized carbons (Fsp3) is 0.360. The SMILES string of the molecule is O=C(NCc1ccc(S(=O)(=O)N2CCCC(NCCc3ccccn3)CC2)s1)c1ccccc1. The van der Waals surface area contributed by atoms with Crippen molar-refractivity contribution in [2.24, 2.45) is 0 Å². The van der Waals surface area contributed by atoms with Crippen molar-refractivity contribution in [1.82, 2.24) is 19.9 Å². The summed E-state index contributed by atoms with van der Waals surface area (Å²) in [6.07, 6.45) is 5.23. The highest BCUT2D eigenvalue weighted by molar-refractivity contribution is 7.91. The monoisotopic (exact) mass is 498 g/mol. The van der Waals surface area contributed by atoms with Crippen molar-refractivity contribution in [3.8, 4) is 0 Å². The fourth-order valence-corrected chi connectivity index (χ4v) is 6.99. The number of pyridine rings is 1. The maximum absolute atomic E-state index is 13.2. The van der Waals surface area contributed by atoms with Crippen LogP contribution in [0.3, 0.4) is 0 Å². The molecule has 9 heteroatoms.